The van der Waals surface area contributed by atoms with Gasteiger partial charge in [0.05, 0.1) is 12.7 Å². The summed E-state index contributed by atoms with van der Waals surface area (Å²) in [5, 5.41) is 2.69. The maximum atomic E-state index is 13.2. The van der Waals surface area contributed by atoms with E-state index in [9.17, 15) is 14.4 Å². The number of ketones is 1. The lowest BCUT2D eigenvalue weighted by Crippen LogP contribution is -2.20. The number of nitrogens with one attached hydrogen (secondary N) is 1. The number of aryl methyl sites for hydroxylation is 1. The Labute approximate surface area is 180 Å². The number of carbonyl (C=O) groups excluding carboxylic acids is 3. The van der Waals surface area contributed by atoms with Gasteiger partial charge in [0.1, 0.15) is 5.75 Å². The molecule has 3 rings (SSSR count). The quantitative estimate of drug-likeness (QED) is 0.443. The van der Waals surface area contributed by atoms with Gasteiger partial charge in [-0.15, -0.1) is 0 Å². The van der Waals surface area contributed by atoms with Gasteiger partial charge in [-0.3, -0.25) is 9.59 Å². The second-order valence-corrected chi connectivity index (χ2v) is 7.00. The van der Waals surface area contributed by atoms with Crippen LogP contribution >= 0.6 is 0 Å². The van der Waals surface area contributed by atoms with Crippen molar-refractivity contribution in [3.05, 3.63) is 95.1 Å². The van der Waals surface area contributed by atoms with Crippen LogP contribution in [0.3, 0.4) is 0 Å². The van der Waals surface area contributed by atoms with Crippen LogP contribution in [-0.2, 0) is 9.53 Å². The molecule has 0 spiro atoms. The fraction of sp³-hybridized carbons (Fsp3) is 0.160. The second-order valence-electron chi connectivity index (χ2n) is 7.00. The average Bonchev–Trinajstić information content (AvgIpc) is 2.78. The van der Waals surface area contributed by atoms with Crippen molar-refractivity contribution in [3.63, 3.8) is 0 Å². The summed E-state index contributed by atoms with van der Waals surface area (Å²) < 4.78 is 10.8. The van der Waals surface area contributed by atoms with Crippen molar-refractivity contribution in [3.8, 4) is 5.75 Å². The molecule has 0 aliphatic rings. The third-order valence-corrected chi connectivity index (χ3v) is 4.72. The number of carbonyl (C=O) groups is 3. The Morgan fingerprint density at radius 2 is 1.52 bits per heavy atom. The molecule has 6 nitrogen and oxygen atoms in total. The fourth-order valence-corrected chi connectivity index (χ4v) is 3.06. The van der Waals surface area contributed by atoms with E-state index in [0.29, 0.717) is 22.6 Å². The van der Waals surface area contributed by atoms with Crippen LogP contribution in [0, 0.1) is 6.92 Å². The van der Waals surface area contributed by atoms with Gasteiger partial charge in [0.15, 0.2) is 6.10 Å². The van der Waals surface area contributed by atoms with Gasteiger partial charge in [0, 0.05) is 23.7 Å². The Kier molecular flexibility index (Phi) is 6.82. The van der Waals surface area contributed by atoms with E-state index in [-0.39, 0.29) is 17.3 Å². The summed E-state index contributed by atoms with van der Waals surface area (Å²) in [6.07, 6.45) is -1.12. The number of rotatable bonds is 7. The van der Waals surface area contributed by atoms with Gasteiger partial charge in [-0.05, 0) is 48.9 Å². The highest BCUT2D eigenvalue weighted by Gasteiger charge is 2.27. The monoisotopic (exact) mass is 417 g/mol. The summed E-state index contributed by atoms with van der Waals surface area (Å²) in [7, 11) is 1.54. The van der Waals surface area contributed by atoms with Gasteiger partial charge in [-0.2, -0.15) is 0 Å². The molecule has 1 atom stereocenters. The molecule has 0 aliphatic carbocycles. The van der Waals surface area contributed by atoms with E-state index in [0.717, 1.165) is 5.56 Å². The summed E-state index contributed by atoms with van der Waals surface area (Å²) >= 11 is 0. The molecule has 0 saturated heterocycles. The lowest BCUT2D eigenvalue weighted by molar-refractivity contribution is -0.114. The Hall–Kier alpha value is -3.93. The fourth-order valence-electron chi connectivity index (χ4n) is 3.06. The maximum absolute atomic E-state index is 13.2. The Balaban J connectivity index is 1.91. The molecule has 3 aromatic rings. The van der Waals surface area contributed by atoms with Gasteiger partial charge in [-0.25, -0.2) is 4.79 Å². The number of hydrogen-bond donors (Lipinski definition) is 1. The normalized spacial score (nSPS) is 11.3. The number of methoxy groups -OCH3 is 1. The SMILES string of the molecule is COc1ccc(C(=O)[C@@H](OC(=O)c2ccc(C)c(NC(C)=O)c2)c2ccccc2)cc1. The molecule has 158 valence electrons. The standard InChI is InChI=1S/C25H23NO5/c1-16-9-10-20(15-22(16)26-17(2)27)25(29)31-24(19-7-5-4-6-8-19)23(28)18-11-13-21(30-3)14-12-18/h4-15,24H,1-3H3,(H,26,27)/t24-/m0/s1. The van der Waals surface area contributed by atoms with Crippen molar-refractivity contribution in [1.29, 1.82) is 0 Å². The first-order valence-corrected chi connectivity index (χ1v) is 9.71. The highest BCUT2D eigenvalue weighted by molar-refractivity contribution is 6.02. The molecule has 0 aliphatic heterocycles. The molecular formula is C25H23NO5. The molecule has 1 N–H and O–H groups in total. The molecule has 0 bridgehead atoms. The van der Waals surface area contributed by atoms with Crippen LogP contribution in [0.1, 0.15) is 44.9 Å². The van der Waals surface area contributed by atoms with Gasteiger partial charge < -0.3 is 14.8 Å². The first-order valence-electron chi connectivity index (χ1n) is 9.71. The molecule has 0 aromatic heterocycles. The van der Waals surface area contributed by atoms with Gasteiger partial charge >= 0.3 is 5.97 Å². The van der Waals surface area contributed by atoms with E-state index in [1.165, 1.54) is 6.92 Å². The van der Waals surface area contributed by atoms with E-state index in [2.05, 4.69) is 5.32 Å². The summed E-state index contributed by atoms with van der Waals surface area (Å²) in [5.41, 5.74) is 2.51. The number of Topliss-reactive ketones (excluding diaryl/α,β-unsaturated/α-hetero) is 1. The Morgan fingerprint density at radius 3 is 2.13 bits per heavy atom. The lowest BCUT2D eigenvalue weighted by Gasteiger charge is -2.18. The minimum absolute atomic E-state index is 0.234. The molecular weight excluding hydrogens is 394 g/mol. The third-order valence-electron chi connectivity index (χ3n) is 4.72. The zero-order chi connectivity index (χ0) is 22.4. The first-order chi connectivity index (χ1) is 14.9. The van der Waals surface area contributed by atoms with Crippen LogP contribution in [0.25, 0.3) is 0 Å². The number of anilines is 1. The van der Waals surface area contributed by atoms with Crippen molar-refractivity contribution in [2.75, 3.05) is 12.4 Å². The molecule has 3 aromatic carbocycles. The van der Waals surface area contributed by atoms with E-state index in [4.69, 9.17) is 9.47 Å². The Morgan fingerprint density at radius 1 is 0.871 bits per heavy atom. The average molecular weight is 417 g/mol. The molecule has 0 radical (unpaired) electrons. The molecule has 0 saturated carbocycles. The van der Waals surface area contributed by atoms with Crippen LogP contribution in [0.2, 0.25) is 0 Å². The van der Waals surface area contributed by atoms with E-state index in [1.54, 1.807) is 73.8 Å². The predicted octanol–water partition coefficient (Wildman–Crippen LogP) is 4.74. The summed E-state index contributed by atoms with van der Waals surface area (Å²) in [6, 6.07) is 20.3. The largest absolute Gasteiger partial charge is 0.497 e. The number of amides is 1. The zero-order valence-corrected chi connectivity index (χ0v) is 17.5. The molecule has 31 heavy (non-hydrogen) atoms. The zero-order valence-electron chi connectivity index (χ0n) is 17.5. The van der Waals surface area contributed by atoms with Crippen molar-refractivity contribution in [2.24, 2.45) is 0 Å². The van der Waals surface area contributed by atoms with Crippen molar-refractivity contribution in [2.45, 2.75) is 20.0 Å². The van der Waals surface area contributed by atoms with Crippen LogP contribution < -0.4 is 10.1 Å². The Bertz CT molecular complexity index is 1090. The van der Waals surface area contributed by atoms with Crippen molar-refractivity contribution >= 4 is 23.3 Å². The molecule has 1 amide bonds. The van der Waals surface area contributed by atoms with Crippen LogP contribution in [0.15, 0.2) is 72.8 Å². The number of hydrogen-bond acceptors (Lipinski definition) is 5. The molecule has 0 heterocycles. The number of esters is 1. The van der Waals surface area contributed by atoms with Gasteiger partial charge in [0.25, 0.3) is 0 Å². The first kappa shape index (κ1) is 21.8. The summed E-state index contributed by atoms with van der Waals surface area (Å²) in [6.45, 7) is 3.21. The van der Waals surface area contributed by atoms with E-state index in [1.807, 2.05) is 13.0 Å². The molecule has 0 fully saturated rings. The van der Waals surface area contributed by atoms with Crippen molar-refractivity contribution < 1.29 is 23.9 Å². The van der Waals surface area contributed by atoms with Crippen LogP contribution in [0.4, 0.5) is 5.69 Å². The van der Waals surface area contributed by atoms with Crippen molar-refractivity contribution in [1.82, 2.24) is 0 Å². The number of ether oxygens (including phenoxy) is 2. The van der Waals surface area contributed by atoms with Gasteiger partial charge in [0.2, 0.25) is 11.7 Å². The molecule has 0 unspecified atom stereocenters. The molecule has 6 heteroatoms. The second kappa shape index (κ2) is 9.71. The lowest BCUT2D eigenvalue weighted by atomic mass is 9.99. The third kappa shape index (κ3) is 5.36. The predicted molar refractivity (Wildman–Crippen MR) is 117 cm³/mol. The smallest absolute Gasteiger partial charge is 0.339 e. The topological polar surface area (TPSA) is 81.7 Å². The summed E-state index contributed by atoms with van der Waals surface area (Å²) in [4.78, 5) is 37.5. The number of benzene rings is 3. The van der Waals surface area contributed by atoms with Crippen LogP contribution in [-0.4, -0.2) is 24.8 Å². The van der Waals surface area contributed by atoms with Crippen LogP contribution in [0.5, 0.6) is 5.75 Å². The van der Waals surface area contributed by atoms with Gasteiger partial charge in [-0.1, -0.05) is 36.4 Å². The highest BCUT2D eigenvalue weighted by Crippen LogP contribution is 2.26. The van der Waals surface area contributed by atoms with E-state index < -0.39 is 12.1 Å². The minimum Gasteiger partial charge on any atom is -0.497 e. The minimum atomic E-state index is -1.12. The summed E-state index contributed by atoms with van der Waals surface area (Å²) in [5.74, 6) is -0.640. The highest BCUT2D eigenvalue weighted by atomic mass is 16.5. The van der Waals surface area contributed by atoms with E-state index >= 15 is 0 Å². The maximum Gasteiger partial charge on any atom is 0.339 e.